The summed E-state index contributed by atoms with van der Waals surface area (Å²) < 4.78 is 0. The summed E-state index contributed by atoms with van der Waals surface area (Å²) >= 11 is 11.8. The van der Waals surface area contributed by atoms with Crippen molar-refractivity contribution in [3.63, 3.8) is 0 Å². The first kappa shape index (κ1) is 15.5. The highest BCUT2D eigenvalue weighted by molar-refractivity contribution is 6.35. The number of para-hydroxylation sites is 1. The Morgan fingerprint density at radius 3 is 2.78 bits per heavy atom. The summed E-state index contributed by atoms with van der Waals surface area (Å²) in [5.41, 5.74) is 2.05. The molecule has 3 rings (SSSR count). The Kier molecular flexibility index (Phi) is 4.07. The molecule has 1 amide bonds. The molecule has 0 saturated heterocycles. The van der Waals surface area contributed by atoms with Gasteiger partial charge in [0.1, 0.15) is 0 Å². The molecule has 0 saturated carbocycles. The number of hydrogen-bond acceptors (Lipinski definition) is 3. The molecule has 0 aliphatic heterocycles. The fraction of sp³-hybridized carbons (Fsp3) is 0.0625. The van der Waals surface area contributed by atoms with E-state index >= 15 is 0 Å². The normalized spacial score (nSPS) is 11.4. The largest absolute Gasteiger partial charge is 0.493 e. The summed E-state index contributed by atoms with van der Waals surface area (Å²) in [6.45, 7) is 1.90. The number of halogens is 2. The lowest BCUT2D eigenvalue weighted by molar-refractivity contribution is 0.0995. The van der Waals surface area contributed by atoms with Crippen LogP contribution in [0.2, 0.25) is 10.0 Å². The molecule has 2 aromatic carbocycles. The highest BCUT2D eigenvalue weighted by Gasteiger charge is 2.14. The molecule has 5 nitrogen and oxygen atoms in total. The number of nitrogens with zero attached hydrogens (tertiary/aromatic N) is 2. The van der Waals surface area contributed by atoms with Gasteiger partial charge in [0.25, 0.3) is 5.91 Å². The number of aromatic hydroxyl groups is 1. The molecule has 23 heavy (non-hydrogen) atoms. The standard InChI is InChI=1S/C16H11Cl2N3O2/c1-8-3-2-4-10-13(8)19-16(23)14(10)20-21-15(22)11-7-9(17)5-6-12(11)18/h2-7,19,23H,1H3. The van der Waals surface area contributed by atoms with Crippen LogP contribution in [0.4, 0.5) is 5.69 Å². The molecular weight excluding hydrogens is 337 g/mol. The van der Waals surface area contributed by atoms with Gasteiger partial charge in [0.2, 0.25) is 5.88 Å². The Labute approximate surface area is 141 Å². The monoisotopic (exact) mass is 347 g/mol. The van der Waals surface area contributed by atoms with Crippen molar-refractivity contribution < 1.29 is 9.90 Å². The highest BCUT2D eigenvalue weighted by Crippen LogP contribution is 2.36. The minimum Gasteiger partial charge on any atom is -0.493 e. The fourth-order valence-electron chi connectivity index (χ4n) is 2.25. The minimum absolute atomic E-state index is 0.150. The van der Waals surface area contributed by atoms with E-state index in [4.69, 9.17) is 23.2 Å². The van der Waals surface area contributed by atoms with Gasteiger partial charge in [0, 0.05) is 10.4 Å². The molecule has 0 fully saturated rings. The maximum atomic E-state index is 12.1. The van der Waals surface area contributed by atoms with Crippen LogP contribution in [0.3, 0.4) is 0 Å². The summed E-state index contributed by atoms with van der Waals surface area (Å²) in [7, 11) is 0. The van der Waals surface area contributed by atoms with Crippen LogP contribution in [-0.2, 0) is 0 Å². The van der Waals surface area contributed by atoms with E-state index in [1.165, 1.54) is 12.1 Å². The summed E-state index contributed by atoms with van der Waals surface area (Å²) in [5, 5.41) is 18.8. The number of H-pyrrole nitrogens is 1. The maximum Gasteiger partial charge on any atom is 0.296 e. The summed E-state index contributed by atoms with van der Waals surface area (Å²) in [4.78, 5) is 15.0. The summed E-state index contributed by atoms with van der Waals surface area (Å²) in [6, 6.07) is 10.0. The topological polar surface area (TPSA) is 77.8 Å². The molecule has 0 aliphatic rings. The van der Waals surface area contributed by atoms with Crippen LogP contribution in [0, 0.1) is 6.92 Å². The number of azo groups is 1. The number of benzene rings is 2. The van der Waals surface area contributed by atoms with Gasteiger partial charge in [-0.25, -0.2) is 0 Å². The van der Waals surface area contributed by atoms with Gasteiger partial charge in [-0.1, -0.05) is 41.4 Å². The molecule has 0 radical (unpaired) electrons. The zero-order valence-electron chi connectivity index (χ0n) is 12.0. The van der Waals surface area contributed by atoms with Crippen molar-refractivity contribution in [2.24, 2.45) is 10.2 Å². The van der Waals surface area contributed by atoms with Crippen molar-refractivity contribution >= 4 is 45.7 Å². The molecule has 1 heterocycles. The van der Waals surface area contributed by atoms with E-state index in [-0.39, 0.29) is 22.2 Å². The Bertz CT molecular complexity index is 948. The first-order valence-electron chi connectivity index (χ1n) is 6.68. The van der Waals surface area contributed by atoms with Crippen molar-refractivity contribution in [3.05, 3.63) is 57.6 Å². The van der Waals surface area contributed by atoms with Gasteiger partial charge in [0.05, 0.1) is 16.1 Å². The highest BCUT2D eigenvalue weighted by atomic mass is 35.5. The van der Waals surface area contributed by atoms with Gasteiger partial charge >= 0.3 is 0 Å². The average Bonchev–Trinajstić information content (AvgIpc) is 2.84. The Balaban J connectivity index is 2.00. The predicted molar refractivity (Wildman–Crippen MR) is 90.0 cm³/mol. The zero-order chi connectivity index (χ0) is 16.6. The number of aromatic nitrogens is 1. The number of hydrogen-bond donors (Lipinski definition) is 2. The van der Waals surface area contributed by atoms with E-state index in [0.29, 0.717) is 10.4 Å². The Morgan fingerprint density at radius 1 is 1.22 bits per heavy atom. The summed E-state index contributed by atoms with van der Waals surface area (Å²) in [6.07, 6.45) is 0. The molecule has 116 valence electrons. The third-order valence-electron chi connectivity index (χ3n) is 3.40. The number of rotatable bonds is 2. The second-order valence-electron chi connectivity index (χ2n) is 4.95. The molecular formula is C16H11Cl2N3O2. The van der Waals surface area contributed by atoms with Crippen LogP contribution in [-0.4, -0.2) is 16.0 Å². The minimum atomic E-state index is -0.640. The molecule has 0 atom stereocenters. The number of carbonyl (C=O) groups is 1. The third kappa shape index (κ3) is 2.93. The van der Waals surface area contributed by atoms with E-state index in [1.807, 2.05) is 19.1 Å². The number of carbonyl (C=O) groups excluding carboxylic acids is 1. The SMILES string of the molecule is Cc1cccc2c(N=NC(=O)c3cc(Cl)ccc3Cl)c(O)[nH]c12. The van der Waals surface area contributed by atoms with E-state index in [9.17, 15) is 9.90 Å². The molecule has 0 bridgehead atoms. The number of fused-ring (bicyclic) bond motifs is 1. The quantitative estimate of drug-likeness (QED) is 0.607. The number of aromatic amines is 1. The molecule has 0 unspecified atom stereocenters. The first-order valence-corrected chi connectivity index (χ1v) is 7.44. The van der Waals surface area contributed by atoms with Crippen molar-refractivity contribution in [2.45, 2.75) is 6.92 Å². The second kappa shape index (κ2) is 6.02. The lowest BCUT2D eigenvalue weighted by atomic mass is 10.1. The van der Waals surface area contributed by atoms with Crippen molar-refractivity contribution in [1.82, 2.24) is 4.98 Å². The van der Waals surface area contributed by atoms with E-state index in [0.717, 1.165) is 11.1 Å². The van der Waals surface area contributed by atoms with Gasteiger partial charge in [0.15, 0.2) is 5.69 Å². The zero-order valence-corrected chi connectivity index (χ0v) is 13.5. The number of amides is 1. The molecule has 3 aromatic rings. The van der Waals surface area contributed by atoms with Crippen molar-refractivity contribution in [2.75, 3.05) is 0 Å². The Morgan fingerprint density at radius 2 is 2.00 bits per heavy atom. The van der Waals surface area contributed by atoms with Crippen LogP contribution in [0.15, 0.2) is 46.6 Å². The lowest BCUT2D eigenvalue weighted by Gasteiger charge is -1.99. The molecule has 1 aromatic heterocycles. The molecule has 2 N–H and O–H groups in total. The van der Waals surface area contributed by atoms with E-state index < -0.39 is 5.91 Å². The Hall–Kier alpha value is -2.37. The second-order valence-corrected chi connectivity index (χ2v) is 5.79. The van der Waals surface area contributed by atoms with Gasteiger partial charge in [-0.3, -0.25) is 4.79 Å². The average molecular weight is 348 g/mol. The third-order valence-corrected chi connectivity index (χ3v) is 3.96. The van der Waals surface area contributed by atoms with Crippen LogP contribution in [0.5, 0.6) is 5.88 Å². The van der Waals surface area contributed by atoms with Crippen LogP contribution in [0.1, 0.15) is 15.9 Å². The molecule has 7 heteroatoms. The van der Waals surface area contributed by atoms with E-state index in [2.05, 4.69) is 15.2 Å². The lowest BCUT2D eigenvalue weighted by Crippen LogP contribution is -1.94. The van der Waals surface area contributed by atoms with Gasteiger partial charge < -0.3 is 10.1 Å². The first-order chi connectivity index (χ1) is 11.0. The van der Waals surface area contributed by atoms with Crippen LogP contribution >= 0.6 is 23.2 Å². The van der Waals surface area contributed by atoms with Crippen molar-refractivity contribution in [1.29, 1.82) is 0 Å². The number of nitrogens with one attached hydrogen (secondary N) is 1. The summed E-state index contributed by atoms with van der Waals surface area (Å²) in [5.74, 6) is -0.790. The molecule has 0 aliphatic carbocycles. The maximum absolute atomic E-state index is 12.1. The van der Waals surface area contributed by atoms with E-state index in [1.54, 1.807) is 12.1 Å². The van der Waals surface area contributed by atoms with Crippen LogP contribution < -0.4 is 0 Å². The smallest absolute Gasteiger partial charge is 0.296 e. The number of aryl methyl sites for hydroxylation is 1. The van der Waals surface area contributed by atoms with Gasteiger partial charge in [-0.2, -0.15) is 0 Å². The van der Waals surface area contributed by atoms with Gasteiger partial charge in [-0.15, -0.1) is 10.2 Å². The predicted octanol–water partition coefficient (Wildman–Crippen LogP) is 5.41. The van der Waals surface area contributed by atoms with Gasteiger partial charge in [-0.05, 0) is 30.7 Å². The van der Waals surface area contributed by atoms with Crippen LogP contribution in [0.25, 0.3) is 10.9 Å². The fourth-order valence-corrected chi connectivity index (χ4v) is 2.62. The molecule has 0 spiro atoms. The van der Waals surface area contributed by atoms with Crippen molar-refractivity contribution in [3.8, 4) is 5.88 Å².